The largest absolute Gasteiger partial charge is 0.378 e. The molecule has 0 radical (unpaired) electrons. The van der Waals surface area contributed by atoms with Crippen LogP contribution in [-0.4, -0.2) is 48.1 Å². The Bertz CT molecular complexity index is 672. The average Bonchev–Trinajstić information content (AvgIpc) is 3.24. The number of aryl methyl sites for hydroxylation is 1. The fraction of sp³-hybridized carbons (Fsp3) is 0.529. The molecule has 3 rings (SSSR count). The van der Waals surface area contributed by atoms with Gasteiger partial charge in [-0.05, 0) is 44.2 Å². The summed E-state index contributed by atoms with van der Waals surface area (Å²) in [5.74, 6) is 0.105. The smallest absolute Gasteiger partial charge is 0.265 e. The van der Waals surface area contributed by atoms with Gasteiger partial charge >= 0.3 is 0 Å². The van der Waals surface area contributed by atoms with Gasteiger partial charge in [0.15, 0.2) is 0 Å². The minimum absolute atomic E-state index is 0. The number of aromatic nitrogens is 1. The third-order valence-electron chi connectivity index (χ3n) is 4.15. The molecule has 0 aliphatic carbocycles. The molecule has 5 nitrogen and oxygen atoms in total. The average molecular weight is 438 g/mol. The summed E-state index contributed by atoms with van der Waals surface area (Å²) in [6, 6.07) is 4.05. The third-order valence-corrected chi connectivity index (χ3v) is 6.34. The standard InChI is InChI=1S/C17H23N3O2S2.2ClH/c1-12-15(24-16(19-12)14-4-2-11-23-14)17(21)20-8-5-13(6-9-20)22-10-3-7-18;;/h2,4,11,13H,3,5-10,18H2,1H3;2*1H. The van der Waals surface area contributed by atoms with Crippen LogP contribution >= 0.6 is 47.5 Å². The molecule has 0 unspecified atom stereocenters. The van der Waals surface area contributed by atoms with E-state index in [4.69, 9.17) is 10.5 Å². The summed E-state index contributed by atoms with van der Waals surface area (Å²) < 4.78 is 5.81. The lowest BCUT2D eigenvalue weighted by atomic mass is 10.1. The highest BCUT2D eigenvalue weighted by Gasteiger charge is 2.27. The molecule has 0 atom stereocenters. The fourth-order valence-electron chi connectivity index (χ4n) is 2.80. The highest BCUT2D eigenvalue weighted by Crippen LogP contribution is 2.32. The molecule has 2 N–H and O–H groups in total. The first-order valence-electron chi connectivity index (χ1n) is 8.31. The van der Waals surface area contributed by atoms with Gasteiger partial charge in [-0.2, -0.15) is 0 Å². The fourth-order valence-corrected chi connectivity index (χ4v) is 4.63. The Hall–Kier alpha value is -0.700. The molecular weight excluding hydrogens is 413 g/mol. The van der Waals surface area contributed by atoms with Crippen LogP contribution in [0.1, 0.15) is 34.6 Å². The van der Waals surface area contributed by atoms with Gasteiger partial charge in [0.2, 0.25) is 0 Å². The van der Waals surface area contributed by atoms with Gasteiger partial charge in [-0.1, -0.05) is 6.07 Å². The molecule has 1 aliphatic heterocycles. The number of carbonyl (C=O) groups excluding carboxylic acids is 1. The first-order chi connectivity index (χ1) is 11.7. The first-order valence-corrected chi connectivity index (χ1v) is 10.0. The normalized spacial score (nSPS) is 14.6. The summed E-state index contributed by atoms with van der Waals surface area (Å²) in [5, 5.41) is 2.97. The lowest BCUT2D eigenvalue weighted by molar-refractivity contribution is 0.00855. The van der Waals surface area contributed by atoms with Crippen molar-refractivity contribution in [3.63, 3.8) is 0 Å². The second kappa shape index (κ2) is 11.2. The zero-order chi connectivity index (χ0) is 16.9. The Labute approximate surface area is 174 Å². The maximum absolute atomic E-state index is 12.8. The van der Waals surface area contributed by atoms with E-state index in [2.05, 4.69) is 4.98 Å². The van der Waals surface area contributed by atoms with Crippen molar-refractivity contribution in [2.45, 2.75) is 32.3 Å². The van der Waals surface area contributed by atoms with Crippen LogP contribution in [0.25, 0.3) is 9.88 Å². The van der Waals surface area contributed by atoms with Crippen molar-refractivity contribution in [3.8, 4) is 9.88 Å². The highest BCUT2D eigenvalue weighted by atomic mass is 35.5. The molecule has 1 aliphatic rings. The number of ether oxygens (including phenoxy) is 1. The molecule has 9 heteroatoms. The Morgan fingerprint density at radius 3 is 2.73 bits per heavy atom. The monoisotopic (exact) mass is 437 g/mol. The van der Waals surface area contributed by atoms with E-state index >= 15 is 0 Å². The van der Waals surface area contributed by atoms with Gasteiger partial charge < -0.3 is 15.4 Å². The molecular formula is C17H25Cl2N3O2S2. The number of rotatable bonds is 6. The SMILES string of the molecule is Cc1nc(-c2cccs2)sc1C(=O)N1CCC(OCCCN)CC1.Cl.Cl. The lowest BCUT2D eigenvalue weighted by Crippen LogP contribution is -2.41. The van der Waals surface area contributed by atoms with Crippen LogP contribution < -0.4 is 5.73 Å². The molecule has 0 aromatic carbocycles. The Morgan fingerprint density at radius 1 is 1.38 bits per heavy atom. The van der Waals surface area contributed by atoms with Gasteiger partial charge in [0.1, 0.15) is 9.88 Å². The van der Waals surface area contributed by atoms with E-state index in [1.54, 1.807) is 11.3 Å². The van der Waals surface area contributed by atoms with Crippen LogP contribution in [0.3, 0.4) is 0 Å². The minimum Gasteiger partial charge on any atom is -0.378 e. The summed E-state index contributed by atoms with van der Waals surface area (Å²) in [6.45, 7) is 4.79. The number of nitrogens with zero attached hydrogens (tertiary/aromatic N) is 2. The number of likely N-dealkylation sites (tertiary alicyclic amines) is 1. The molecule has 1 fully saturated rings. The van der Waals surface area contributed by atoms with Crippen molar-refractivity contribution < 1.29 is 9.53 Å². The highest BCUT2D eigenvalue weighted by molar-refractivity contribution is 7.22. The van der Waals surface area contributed by atoms with Gasteiger partial charge in [-0.25, -0.2) is 4.98 Å². The van der Waals surface area contributed by atoms with E-state index in [-0.39, 0.29) is 36.8 Å². The second-order valence-electron chi connectivity index (χ2n) is 5.92. The summed E-state index contributed by atoms with van der Waals surface area (Å²) in [4.78, 5) is 21.2. The summed E-state index contributed by atoms with van der Waals surface area (Å²) in [6.07, 6.45) is 2.94. The number of hydrogen-bond acceptors (Lipinski definition) is 6. The number of nitrogens with two attached hydrogens (primary N) is 1. The Morgan fingerprint density at radius 2 is 2.12 bits per heavy atom. The van der Waals surface area contributed by atoms with Gasteiger partial charge in [0.05, 0.1) is 16.7 Å². The van der Waals surface area contributed by atoms with Crippen molar-refractivity contribution in [2.24, 2.45) is 5.73 Å². The van der Waals surface area contributed by atoms with Crippen LogP contribution in [0.2, 0.25) is 0 Å². The number of piperidine rings is 1. The minimum atomic E-state index is 0. The summed E-state index contributed by atoms with van der Waals surface area (Å²) in [7, 11) is 0. The van der Waals surface area contributed by atoms with Crippen LogP contribution in [0, 0.1) is 6.92 Å². The maximum Gasteiger partial charge on any atom is 0.265 e. The predicted molar refractivity (Wildman–Crippen MR) is 113 cm³/mol. The molecule has 146 valence electrons. The van der Waals surface area contributed by atoms with Crippen LogP contribution in [0.15, 0.2) is 17.5 Å². The summed E-state index contributed by atoms with van der Waals surface area (Å²) >= 11 is 3.15. The van der Waals surface area contributed by atoms with Crippen molar-refractivity contribution >= 4 is 53.4 Å². The van der Waals surface area contributed by atoms with E-state index in [0.29, 0.717) is 13.2 Å². The maximum atomic E-state index is 12.8. The topological polar surface area (TPSA) is 68.5 Å². The first kappa shape index (κ1) is 23.3. The molecule has 2 aromatic rings. The zero-order valence-corrected chi connectivity index (χ0v) is 17.9. The predicted octanol–water partition coefficient (Wildman–Crippen LogP) is 3.99. The van der Waals surface area contributed by atoms with Crippen molar-refractivity contribution in [2.75, 3.05) is 26.2 Å². The van der Waals surface area contributed by atoms with Crippen molar-refractivity contribution in [3.05, 3.63) is 28.1 Å². The molecule has 26 heavy (non-hydrogen) atoms. The number of amides is 1. The number of carbonyl (C=O) groups is 1. The van der Waals surface area contributed by atoms with Crippen LogP contribution in [-0.2, 0) is 4.74 Å². The Balaban J connectivity index is 0.00000169. The van der Waals surface area contributed by atoms with Gasteiger partial charge in [0.25, 0.3) is 5.91 Å². The van der Waals surface area contributed by atoms with E-state index in [0.717, 1.165) is 52.8 Å². The number of halogens is 2. The van der Waals surface area contributed by atoms with Gasteiger partial charge in [0, 0.05) is 19.7 Å². The Kier molecular flexibility index (Phi) is 10.1. The third kappa shape index (κ3) is 5.65. The van der Waals surface area contributed by atoms with Gasteiger partial charge in [-0.3, -0.25) is 4.79 Å². The van der Waals surface area contributed by atoms with Crippen molar-refractivity contribution in [1.82, 2.24) is 9.88 Å². The molecule has 1 saturated heterocycles. The van der Waals surface area contributed by atoms with E-state index in [1.165, 1.54) is 11.3 Å². The van der Waals surface area contributed by atoms with E-state index in [1.807, 2.05) is 29.3 Å². The quantitative estimate of drug-likeness (QED) is 0.693. The summed E-state index contributed by atoms with van der Waals surface area (Å²) in [5.41, 5.74) is 6.31. The van der Waals surface area contributed by atoms with Crippen LogP contribution in [0.5, 0.6) is 0 Å². The van der Waals surface area contributed by atoms with Crippen LogP contribution in [0.4, 0.5) is 0 Å². The number of thiazole rings is 1. The van der Waals surface area contributed by atoms with E-state index < -0.39 is 0 Å². The molecule has 1 amide bonds. The zero-order valence-electron chi connectivity index (χ0n) is 14.7. The molecule has 3 heterocycles. The van der Waals surface area contributed by atoms with E-state index in [9.17, 15) is 4.79 Å². The number of hydrogen-bond donors (Lipinski definition) is 1. The number of thiophene rings is 1. The molecule has 2 aromatic heterocycles. The molecule has 0 bridgehead atoms. The van der Waals surface area contributed by atoms with Crippen molar-refractivity contribution in [1.29, 1.82) is 0 Å². The second-order valence-corrected chi connectivity index (χ2v) is 7.86. The molecule has 0 saturated carbocycles. The lowest BCUT2D eigenvalue weighted by Gasteiger charge is -2.31. The van der Waals surface area contributed by atoms with Gasteiger partial charge in [-0.15, -0.1) is 47.5 Å². The molecule has 0 spiro atoms.